The maximum absolute atomic E-state index is 7.09. The molecule has 0 aromatic heterocycles. The van der Waals surface area contributed by atoms with E-state index in [4.69, 9.17) is 15.4 Å². The van der Waals surface area contributed by atoms with Crippen molar-refractivity contribution in [3.8, 4) is 0 Å². The van der Waals surface area contributed by atoms with Gasteiger partial charge in [-0.3, -0.25) is 0 Å². The van der Waals surface area contributed by atoms with Gasteiger partial charge in [0.1, 0.15) is 0 Å². The predicted molar refractivity (Wildman–Crippen MR) is 199 cm³/mol. The zero-order valence-corrected chi connectivity index (χ0v) is 33.8. The normalized spacial score (nSPS) is 32.6. The molecule has 7 atom stereocenters. The van der Waals surface area contributed by atoms with Crippen molar-refractivity contribution in [1.82, 2.24) is 0 Å². The standard InChI is InChI=1S/C40H72O2Si2/c1-28(2)29(3)19-20-30(4)35-23-24-36-32(18-17-25-40(35,36)12)21-22-33-26-34(41-43(13,14)38(6,7)8)27-37(31(33)5)42-44(15,16)39(9,10)11/h19-22,28-30,34-37H,5,17-18,23-27H2,1-4,6-16H3/t29?,30?,34?,35?,36?,37?,40-/m1/s1. The second kappa shape index (κ2) is 13.8. The average Bonchev–Trinajstić information content (AvgIpc) is 3.23. The highest BCUT2D eigenvalue weighted by Gasteiger charge is 2.50. The van der Waals surface area contributed by atoms with Gasteiger partial charge in [-0.2, -0.15) is 0 Å². The molecule has 0 N–H and O–H groups in total. The first-order valence-electron chi connectivity index (χ1n) is 18.1. The molecule has 252 valence electrons. The third-order valence-electron chi connectivity index (χ3n) is 13.2. The Labute approximate surface area is 276 Å². The van der Waals surface area contributed by atoms with Crippen LogP contribution in [0.5, 0.6) is 0 Å². The minimum Gasteiger partial charge on any atom is -0.413 e. The van der Waals surface area contributed by atoms with Crippen LogP contribution >= 0.6 is 0 Å². The van der Waals surface area contributed by atoms with Crippen LogP contribution in [0.4, 0.5) is 0 Å². The van der Waals surface area contributed by atoms with E-state index in [9.17, 15) is 0 Å². The van der Waals surface area contributed by atoms with E-state index in [2.05, 4.69) is 127 Å². The first-order valence-corrected chi connectivity index (χ1v) is 23.9. The Hall–Kier alpha value is -0.686. The molecule has 0 aromatic rings. The molecular formula is C40H72O2Si2. The van der Waals surface area contributed by atoms with Crippen molar-refractivity contribution in [1.29, 1.82) is 0 Å². The van der Waals surface area contributed by atoms with Gasteiger partial charge in [0.05, 0.1) is 12.2 Å². The highest BCUT2D eigenvalue weighted by atomic mass is 28.4. The molecule has 3 rings (SSSR count). The number of rotatable bonds is 9. The number of allylic oxidation sites excluding steroid dienone is 5. The van der Waals surface area contributed by atoms with Crippen molar-refractivity contribution < 1.29 is 8.85 Å². The molecule has 3 aliphatic rings. The third kappa shape index (κ3) is 8.42. The minimum atomic E-state index is -1.96. The second-order valence-electron chi connectivity index (χ2n) is 18.7. The molecule has 0 bridgehead atoms. The van der Waals surface area contributed by atoms with E-state index >= 15 is 0 Å². The lowest BCUT2D eigenvalue weighted by molar-refractivity contribution is 0.0969. The largest absolute Gasteiger partial charge is 0.413 e. The highest BCUT2D eigenvalue weighted by Crippen LogP contribution is 2.59. The Balaban J connectivity index is 1.90. The van der Waals surface area contributed by atoms with Crippen LogP contribution < -0.4 is 0 Å². The van der Waals surface area contributed by atoms with Gasteiger partial charge in [0.15, 0.2) is 16.6 Å². The molecule has 4 heteroatoms. The Kier molecular flexibility index (Phi) is 11.9. The van der Waals surface area contributed by atoms with Gasteiger partial charge in [-0.05, 0) is 121 Å². The summed E-state index contributed by atoms with van der Waals surface area (Å²) in [4.78, 5) is 0. The number of hydrogen-bond donors (Lipinski definition) is 0. The van der Waals surface area contributed by atoms with Crippen LogP contribution in [-0.4, -0.2) is 28.8 Å². The van der Waals surface area contributed by atoms with E-state index in [1.165, 1.54) is 43.3 Å². The van der Waals surface area contributed by atoms with Gasteiger partial charge in [0.2, 0.25) is 0 Å². The monoisotopic (exact) mass is 641 g/mol. The molecule has 0 aliphatic heterocycles. The van der Waals surface area contributed by atoms with E-state index in [1.807, 2.05) is 0 Å². The van der Waals surface area contributed by atoms with E-state index < -0.39 is 16.6 Å². The van der Waals surface area contributed by atoms with E-state index in [-0.39, 0.29) is 22.3 Å². The molecule has 6 unspecified atom stereocenters. The fraction of sp³-hybridized carbons (Fsp3) is 0.800. The van der Waals surface area contributed by atoms with Crippen LogP contribution in [0.15, 0.2) is 47.6 Å². The molecule has 3 fully saturated rings. The van der Waals surface area contributed by atoms with Gasteiger partial charge >= 0.3 is 0 Å². The lowest BCUT2D eigenvalue weighted by Gasteiger charge is -2.45. The van der Waals surface area contributed by atoms with Crippen LogP contribution in [0.25, 0.3) is 0 Å². The van der Waals surface area contributed by atoms with Crippen molar-refractivity contribution in [2.75, 3.05) is 0 Å². The summed E-state index contributed by atoms with van der Waals surface area (Å²) in [6, 6.07) is 0. The van der Waals surface area contributed by atoms with Gasteiger partial charge in [-0.1, -0.05) is 113 Å². The van der Waals surface area contributed by atoms with E-state index in [0.717, 1.165) is 18.8 Å². The van der Waals surface area contributed by atoms with Crippen LogP contribution in [0, 0.1) is 35.0 Å². The summed E-state index contributed by atoms with van der Waals surface area (Å²) in [5.74, 6) is 3.47. The maximum Gasteiger partial charge on any atom is 0.192 e. The van der Waals surface area contributed by atoms with E-state index in [0.29, 0.717) is 29.1 Å². The first-order chi connectivity index (χ1) is 20.0. The third-order valence-corrected chi connectivity index (χ3v) is 22.2. The van der Waals surface area contributed by atoms with Crippen molar-refractivity contribution in [2.45, 2.75) is 170 Å². The molecule has 3 aliphatic carbocycles. The summed E-state index contributed by atoms with van der Waals surface area (Å²) in [5.41, 5.74) is 4.64. The lowest BCUT2D eigenvalue weighted by Crippen LogP contribution is -2.49. The van der Waals surface area contributed by atoms with Crippen molar-refractivity contribution in [3.05, 3.63) is 47.6 Å². The Bertz CT molecular complexity index is 1100. The lowest BCUT2D eigenvalue weighted by atomic mass is 9.61. The molecule has 2 nitrogen and oxygen atoms in total. The Morgan fingerprint density at radius 1 is 0.864 bits per heavy atom. The Morgan fingerprint density at radius 3 is 2.02 bits per heavy atom. The maximum atomic E-state index is 7.09. The molecule has 0 aromatic carbocycles. The van der Waals surface area contributed by atoms with Gasteiger partial charge < -0.3 is 8.85 Å². The summed E-state index contributed by atoms with van der Waals surface area (Å²) in [7, 11) is -3.88. The Morgan fingerprint density at radius 2 is 1.45 bits per heavy atom. The first kappa shape index (κ1) is 37.8. The quantitative estimate of drug-likeness (QED) is 0.184. The van der Waals surface area contributed by atoms with Crippen LogP contribution in [-0.2, 0) is 8.85 Å². The fourth-order valence-corrected chi connectivity index (χ4v) is 10.3. The zero-order valence-electron chi connectivity index (χ0n) is 31.8. The molecule has 0 spiro atoms. The van der Waals surface area contributed by atoms with Gasteiger partial charge in [0, 0.05) is 6.42 Å². The molecule has 44 heavy (non-hydrogen) atoms. The van der Waals surface area contributed by atoms with Crippen LogP contribution in [0.1, 0.15) is 121 Å². The molecule has 0 radical (unpaired) electrons. The number of hydrogen-bond acceptors (Lipinski definition) is 2. The molecule has 3 saturated carbocycles. The second-order valence-corrected chi connectivity index (χ2v) is 28.2. The van der Waals surface area contributed by atoms with Crippen LogP contribution in [0.2, 0.25) is 36.3 Å². The highest BCUT2D eigenvalue weighted by molar-refractivity contribution is 6.74. The minimum absolute atomic E-state index is 0.0393. The summed E-state index contributed by atoms with van der Waals surface area (Å²) < 4.78 is 14.2. The van der Waals surface area contributed by atoms with Crippen molar-refractivity contribution in [3.63, 3.8) is 0 Å². The van der Waals surface area contributed by atoms with Crippen molar-refractivity contribution in [2.24, 2.45) is 35.0 Å². The zero-order chi connectivity index (χ0) is 33.5. The number of fused-ring (bicyclic) bond motifs is 1. The van der Waals surface area contributed by atoms with Crippen molar-refractivity contribution >= 4 is 16.6 Å². The summed E-state index contributed by atoms with van der Waals surface area (Å²) in [5, 5.41) is 0.352. The summed E-state index contributed by atoms with van der Waals surface area (Å²) >= 11 is 0. The predicted octanol–water partition coefficient (Wildman–Crippen LogP) is 12.7. The fourth-order valence-electron chi connectivity index (χ4n) is 7.62. The van der Waals surface area contributed by atoms with Crippen LogP contribution in [0.3, 0.4) is 0 Å². The smallest absolute Gasteiger partial charge is 0.192 e. The summed E-state index contributed by atoms with van der Waals surface area (Å²) in [6.07, 6.45) is 18.8. The molecule has 0 saturated heterocycles. The molecule has 0 amide bonds. The SMILES string of the molecule is C=C1C(=CC=C2CCC[C@@]3(C)C2CCC3C(C)C=CC(C)C(C)C)CC(O[Si](C)(C)C(C)(C)C)CC1O[Si](C)(C)C(C)(C)C. The van der Waals surface area contributed by atoms with Gasteiger partial charge in [-0.15, -0.1) is 0 Å². The van der Waals surface area contributed by atoms with Gasteiger partial charge in [0.25, 0.3) is 0 Å². The van der Waals surface area contributed by atoms with Gasteiger partial charge in [-0.25, -0.2) is 0 Å². The summed E-state index contributed by atoms with van der Waals surface area (Å²) in [6.45, 7) is 40.5. The topological polar surface area (TPSA) is 18.5 Å². The molecule has 0 heterocycles. The average molecular weight is 641 g/mol. The molecular weight excluding hydrogens is 569 g/mol. The van der Waals surface area contributed by atoms with E-state index in [1.54, 1.807) is 5.57 Å².